The largest absolute Gasteiger partial charge is 0.273 e. The molecule has 0 aliphatic heterocycles. The minimum atomic E-state index is -3.89. The van der Waals surface area contributed by atoms with Gasteiger partial charge in [0.1, 0.15) is 0 Å². The topological polar surface area (TPSA) is 55.2 Å². The second kappa shape index (κ2) is 5.53. The second-order valence-corrected chi connectivity index (χ2v) is 6.76. The third-order valence-corrected chi connectivity index (χ3v) is 5.13. The highest BCUT2D eigenvalue weighted by Crippen LogP contribution is 2.20. The Morgan fingerprint density at radius 1 is 1.29 bits per heavy atom. The molecular weight excluding hydrogens is 300 g/mol. The maximum atomic E-state index is 13.2. The van der Waals surface area contributed by atoms with Crippen LogP contribution >= 0.6 is 0 Å². The molecule has 0 spiro atoms. The Hall–Kier alpha value is -1.80. The molecule has 2 aromatic rings. The van der Waals surface area contributed by atoms with Gasteiger partial charge in [-0.1, -0.05) is 0 Å². The van der Waals surface area contributed by atoms with Gasteiger partial charge in [0, 0.05) is 31.9 Å². The van der Waals surface area contributed by atoms with E-state index in [2.05, 4.69) is 5.10 Å². The van der Waals surface area contributed by atoms with Crippen molar-refractivity contribution in [3.8, 4) is 0 Å². The Balaban J connectivity index is 2.30. The fraction of sp³-hybridized carbons (Fsp3) is 0.308. The molecule has 21 heavy (non-hydrogen) atoms. The lowest BCUT2D eigenvalue weighted by molar-refractivity contribution is 0.462. The number of aromatic nitrogens is 2. The van der Waals surface area contributed by atoms with E-state index in [1.807, 2.05) is 6.92 Å². The molecular formula is C13H15F2N3O2S. The first-order chi connectivity index (χ1) is 9.73. The van der Waals surface area contributed by atoms with E-state index in [4.69, 9.17) is 0 Å². The molecule has 0 radical (unpaired) electrons. The molecule has 0 aliphatic rings. The summed E-state index contributed by atoms with van der Waals surface area (Å²) in [6.45, 7) is 1.92. The van der Waals surface area contributed by atoms with Gasteiger partial charge in [0.25, 0.3) is 0 Å². The molecule has 1 aromatic heterocycles. The Bertz CT molecular complexity index is 772. The average Bonchev–Trinajstić information content (AvgIpc) is 2.73. The Morgan fingerprint density at radius 3 is 2.48 bits per heavy atom. The molecule has 8 heteroatoms. The standard InChI is InChI=1S/C13H15F2N3O2S/c1-9-10(7-16-18(9)3)8-17(2)21(19,20)11-4-5-12(14)13(15)6-11/h4-7H,8H2,1-3H3. The third kappa shape index (κ3) is 2.96. The van der Waals surface area contributed by atoms with Crippen LogP contribution < -0.4 is 0 Å². The van der Waals surface area contributed by atoms with Crippen LogP contribution in [0.15, 0.2) is 29.3 Å². The van der Waals surface area contributed by atoms with Gasteiger partial charge in [0.05, 0.1) is 11.1 Å². The van der Waals surface area contributed by atoms with Gasteiger partial charge in [-0.3, -0.25) is 4.68 Å². The summed E-state index contributed by atoms with van der Waals surface area (Å²) in [5, 5.41) is 4.04. The Kier molecular flexibility index (Phi) is 4.11. The first-order valence-corrected chi connectivity index (χ1v) is 7.56. The molecule has 114 valence electrons. The minimum Gasteiger partial charge on any atom is -0.273 e. The number of hydrogen-bond donors (Lipinski definition) is 0. The molecule has 0 atom stereocenters. The van der Waals surface area contributed by atoms with Crippen molar-refractivity contribution in [3.63, 3.8) is 0 Å². The number of halogens is 2. The van der Waals surface area contributed by atoms with Crippen LogP contribution in [0.5, 0.6) is 0 Å². The molecule has 0 amide bonds. The monoisotopic (exact) mass is 315 g/mol. The Morgan fingerprint density at radius 2 is 1.95 bits per heavy atom. The van der Waals surface area contributed by atoms with Crippen molar-refractivity contribution in [2.45, 2.75) is 18.4 Å². The molecule has 0 bridgehead atoms. The highest BCUT2D eigenvalue weighted by molar-refractivity contribution is 7.89. The zero-order valence-electron chi connectivity index (χ0n) is 11.8. The van der Waals surface area contributed by atoms with Gasteiger partial charge in [0.15, 0.2) is 11.6 Å². The van der Waals surface area contributed by atoms with Gasteiger partial charge in [-0.2, -0.15) is 9.40 Å². The molecule has 0 N–H and O–H groups in total. The van der Waals surface area contributed by atoms with Gasteiger partial charge >= 0.3 is 0 Å². The number of hydrogen-bond acceptors (Lipinski definition) is 3. The van der Waals surface area contributed by atoms with Crippen LogP contribution in [0, 0.1) is 18.6 Å². The fourth-order valence-electron chi connectivity index (χ4n) is 1.84. The molecule has 0 fully saturated rings. The SMILES string of the molecule is Cc1c(CN(C)S(=O)(=O)c2ccc(F)c(F)c2)cnn1C. The molecule has 2 rings (SSSR count). The fourth-order valence-corrected chi connectivity index (χ4v) is 3.00. The number of nitrogens with zero attached hydrogens (tertiary/aromatic N) is 3. The van der Waals surface area contributed by atoms with E-state index in [-0.39, 0.29) is 11.4 Å². The lowest BCUT2D eigenvalue weighted by Crippen LogP contribution is -2.26. The summed E-state index contributed by atoms with van der Waals surface area (Å²) in [6, 6.07) is 2.52. The summed E-state index contributed by atoms with van der Waals surface area (Å²) in [4.78, 5) is -0.287. The number of sulfonamides is 1. The predicted molar refractivity (Wildman–Crippen MR) is 73.0 cm³/mol. The van der Waals surface area contributed by atoms with E-state index in [0.29, 0.717) is 6.07 Å². The van der Waals surface area contributed by atoms with Gasteiger partial charge in [-0.05, 0) is 25.1 Å². The van der Waals surface area contributed by atoms with Gasteiger partial charge in [0.2, 0.25) is 10.0 Å². The van der Waals surface area contributed by atoms with E-state index in [0.717, 1.165) is 27.7 Å². The van der Waals surface area contributed by atoms with E-state index in [1.165, 1.54) is 7.05 Å². The Labute approximate surface area is 121 Å². The van der Waals surface area contributed by atoms with Crippen molar-refractivity contribution in [3.05, 3.63) is 47.3 Å². The molecule has 1 heterocycles. The molecule has 0 unspecified atom stereocenters. The summed E-state index contributed by atoms with van der Waals surface area (Å²) in [5.74, 6) is -2.28. The summed E-state index contributed by atoms with van der Waals surface area (Å²) < 4.78 is 53.5. The lowest BCUT2D eigenvalue weighted by Gasteiger charge is -2.17. The van der Waals surface area contributed by atoms with Crippen molar-refractivity contribution >= 4 is 10.0 Å². The summed E-state index contributed by atoms with van der Waals surface area (Å²) >= 11 is 0. The summed E-state index contributed by atoms with van der Waals surface area (Å²) in [6.07, 6.45) is 1.58. The van der Waals surface area contributed by atoms with Crippen LogP contribution in [0.4, 0.5) is 8.78 Å². The highest BCUT2D eigenvalue weighted by Gasteiger charge is 2.23. The van der Waals surface area contributed by atoms with Gasteiger partial charge in [-0.15, -0.1) is 0 Å². The first kappa shape index (κ1) is 15.6. The number of rotatable bonds is 4. The maximum Gasteiger partial charge on any atom is 0.243 e. The summed E-state index contributed by atoms with van der Waals surface area (Å²) in [7, 11) is -0.764. The molecule has 0 aliphatic carbocycles. The zero-order valence-corrected chi connectivity index (χ0v) is 12.7. The van der Waals surface area contributed by atoms with Crippen LogP contribution in [0.2, 0.25) is 0 Å². The van der Waals surface area contributed by atoms with Crippen LogP contribution in [0.25, 0.3) is 0 Å². The van der Waals surface area contributed by atoms with Crippen molar-refractivity contribution in [2.24, 2.45) is 7.05 Å². The highest BCUT2D eigenvalue weighted by atomic mass is 32.2. The van der Waals surface area contributed by atoms with Gasteiger partial charge < -0.3 is 0 Å². The first-order valence-electron chi connectivity index (χ1n) is 6.12. The van der Waals surface area contributed by atoms with Crippen molar-refractivity contribution in [1.82, 2.24) is 14.1 Å². The quantitative estimate of drug-likeness (QED) is 0.865. The zero-order chi connectivity index (χ0) is 15.8. The summed E-state index contributed by atoms with van der Waals surface area (Å²) in [5.41, 5.74) is 1.58. The normalized spacial score (nSPS) is 12.1. The number of aryl methyl sites for hydroxylation is 1. The number of benzene rings is 1. The van der Waals surface area contributed by atoms with Crippen molar-refractivity contribution in [1.29, 1.82) is 0 Å². The van der Waals surface area contributed by atoms with Crippen molar-refractivity contribution in [2.75, 3.05) is 7.05 Å². The third-order valence-electron chi connectivity index (χ3n) is 3.33. The second-order valence-electron chi connectivity index (χ2n) is 4.72. The molecule has 1 aromatic carbocycles. The van der Waals surface area contributed by atoms with Crippen LogP contribution in [-0.4, -0.2) is 29.6 Å². The average molecular weight is 315 g/mol. The molecule has 5 nitrogen and oxygen atoms in total. The van der Waals surface area contributed by atoms with Gasteiger partial charge in [-0.25, -0.2) is 17.2 Å². The van der Waals surface area contributed by atoms with E-state index in [9.17, 15) is 17.2 Å². The van der Waals surface area contributed by atoms with Crippen molar-refractivity contribution < 1.29 is 17.2 Å². The molecule has 0 saturated carbocycles. The lowest BCUT2D eigenvalue weighted by atomic mass is 10.3. The minimum absolute atomic E-state index is 0.0982. The maximum absolute atomic E-state index is 13.2. The van der Waals surface area contributed by atoms with E-state index < -0.39 is 21.7 Å². The predicted octanol–water partition coefficient (Wildman–Crippen LogP) is 1.83. The smallest absolute Gasteiger partial charge is 0.243 e. The van der Waals surface area contributed by atoms with Crippen LogP contribution in [-0.2, 0) is 23.6 Å². The van der Waals surface area contributed by atoms with Crippen LogP contribution in [0.1, 0.15) is 11.3 Å². The molecule has 0 saturated heterocycles. The van der Waals surface area contributed by atoms with E-state index in [1.54, 1.807) is 17.9 Å². The van der Waals surface area contributed by atoms with Crippen LogP contribution in [0.3, 0.4) is 0 Å². The van der Waals surface area contributed by atoms with E-state index >= 15 is 0 Å².